The number of nitrogens with zero attached hydrogens (tertiary/aromatic N) is 2. The summed E-state index contributed by atoms with van der Waals surface area (Å²) in [5.74, 6) is 3.51. The number of hydrogen-bond donors (Lipinski definition) is 1. The quantitative estimate of drug-likeness (QED) is 0.458. The number of amides is 1. The summed E-state index contributed by atoms with van der Waals surface area (Å²) in [4.78, 5) is 15.4. The fourth-order valence-corrected chi connectivity index (χ4v) is 5.36. The molecule has 0 saturated heterocycles. The van der Waals surface area contributed by atoms with Crippen molar-refractivity contribution < 1.29 is 18.5 Å². The van der Waals surface area contributed by atoms with Crippen LogP contribution >= 0.6 is 0 Å². The number of furan rings is 1. The van der Waals surface area contributed by atoms with E-state index in [0.29, 0.717) is 35.5 Å². The minimum Gasteiger partial charge on any atom is -0.488 e. The lowest BCUT2D eigenvalue weighted by Gasteiger charge is -2.41. The van der Waals surface area contributed by atoms with E-state index in [1.54, 1.807) is 6.26 Å². The van der Waals surface area contributed by atoms with Crippen LogP contribution in [0.15, 0.2) is 51.6 Å². The van der Waals surface area contributed by atoms with Crippen molar-refractivity contribution >= 4 is 5.91 Å². The Morgan fingerprint density at radius 2 is 2.06 bits per heavy atom. The van der Waals surface area contributed by atoms with Gasteiger partial charge in [-0.1, -0.05) is 44.0 Å². The molecule has 180 valence electrons. The first-order valence-electron chi connectivity index (χ1n) is 12.4. The van der Waals surface area contributed by atoms with Crippen LogP contribution in [-0.2, 0) is 13.2 Å². The molecule has 0 spiro atoms. The van der Waals surface area contributed by atoms with Gasteiger partial charge in [-0.25, -0.2) is 0 Å². The Morgan fingerprint density at radius 3 is 2.91 bits per heavy atom. The standard InChI is InChI=1S/C27H33N3O4/c1-18-8-5-11-23(19(18)2)30(16-20-9-6-15-32-20)14-7-13-28-27(31)25-22-17-33-24-12-4-3-10-21(24)26(22)34-29-25/h3-4,6,9-10,12,15,18-19,23H,5,7-8,11,13-14,16-17H2,1-2H3,(H,28,31)/t18-,19+,23+/m1/s1. The molecule has 1 amide bonds. The van der Waals surface area contributed by atoms with E-state index < -0.39 is 0 Å². The molecule has 2 aliphatic rings. The molecule has 34 heavy (non-hydrogen) atoms. The van der Waals surface area contributed by atoms with Crippen molar-refractivity contribution in [2.75, 3.05) is 13.1 Å². The number of aromatic nitrogens is 1. The second-order valence-electron chi connectivity index (χ2n) is 9.62. The lowest BCUT2D eigenvalue weighted by molar-refractivity contribution is 0.0680. The first-order chi connectivity index (χ1) is 16.6. The third kappa shape index (κ3) is 4.62. The molecule has 3 aromatic rings. The zero-order chi connectivity index (χ0) is 23.5. The summed E-state index contributed by atoms with van der Waals surface area (Å²) in [6.07, 6.45) is 6.37. The summed E-state index contributed by atoms with van der Waals surface area (Å²) in [5, 5.41) is 7.09. The average Bonchev–Trinajstić information content (AvgIpc) is 3.53. The van der Waals surface area contributed by atoms with Crippen molar-refractivity contribution in [1.82, 2.24) is 15.4 Å². The van der Waals surface area contributed by atoms with Crippen molar-refractivity contribution in [1.29, 1.82) is 0 Å². The van der Waals surface area contributed by atoms with E-state index in [4.69, 9.17) is 13.7 Å². The van der Waals surface area contributed by atoms with Gasteiger partial charge in [0.25, 0.3) is 5.91 Å². The van der Waals surface area contributed by atoms with Crippen LogP contribution in [0, 0.1) is 11.8 Å². The lowest BCUT2D eigenvalue weighted by Crippen LogP contribution is -2.44. The first-order valence-corrected chi connectivity index (χ1v) is 12.4. The summed E-state index contributed by atoms with van der Waals surface area (Å²) >= 11 is 0. The molecule has 1 aromatic carbocycles. The third-order valence-electron chi connectivity index (χ3n) is 7.49. The lowest BCUT2D eigenvalue weighted by atomic mass is 9.77. The predicted octanol–water partition coefficient (Wildman–Crippen LogP) is 5.27. The van der Waals surface area contributed by atoms with Gasteiger partial charge >= 0.3 is 0 Å². The van der Waals surface area contributed by atoms with Gasteiger partial charge in [0.15, 0.2) is 11.5 Å². The molecule has 1 aliphatic carbocycles. The van der Waals surface area contributed by atoms with Crippen molar-refractivity contribution in [3.63, 3.8) is 0 Å². The molecule has 1 N–H and O–H groups in total. The number of ether oxygens (including phenoxy) is 1. The number of para-hydroxylation sites is 1. The summed E-state index contributed by atoms with van der Waals surface area (Å²) in [6, 6.07) is 12.2. The summed E-state index contributed by atoms with van der Waals surface area (Å²) in [5.41, 5.74) is 1.85. The Labute approximate surface area is 200 Å². The third-order valence-corrected chi connectivity index (χ3v) is 7.49. The Bertz CT molecular complexity index is 1110. The number of carbonyl (C=O) groups excluding carboxylic acids is 1. The number of carbonyl (C=O) groups is 1. The van der Waals surface area contributed by atoms with Crippen LogP contribution in [0.3, 0.4) is 0 Å². The molecule has 2 aromatic heterocycles. The smallest absolute Gasteiger partial charge is 0.273 e. The summed E-state index contributed by atoms with van der Waals surface area (Å²) in [7, 11) is 0. The Balaban J connectivity index is 1.19. The maximum Gasteiger partial charge on any atom is 0.273 e. The second kappa shape index (κ2) is 10.1. The number of rotatable bonds is 8. The van der Waals surface area contributed by atoms with Crippen LogP contribution < -0.4 is 10.1 Å². The Hall–Kier alpha value is -3.06. The SMILES string of the molecule is C[C@H]1[C@H](C)CCC[C@@H]1N(CCCNC(=O)c1noc2c1COc1ccccc1-2)Cc1ccco1. The highest BCUT2D eigenvalue weighted by atomic mass is 16.5. The van der Waals surface area contributed by atoms with E-state index in [9.17, 15) is 4.79 Å². The topological polar surface area (TPSA) is 80.7 Å². The maximum atomic E-state index is 12.9. The van der Waals surface area contributed by atoms with Crippen LogP contribution in [0.25, 0.3) is 11.3 Å². The molecule has 0 radical (unpaired) electrons. The van der Waals surface area contributed by atoms with E-state index in [0.717, 1.165) is 42.5 Å². The van der Waals surface area contributed by atoms with Gasteiger partial charge < -0.3 is 19.0 Å². The van der Waals surface area contributed by atoms with Crippen molar-refractivity contribution in [2.45, 2.75) is 58.7 Å². The zero-order valence-electron chi connectivity index (χ0n) is 20.0. The number of benzene rings is 1. The molecule has 1 aliphatic heterocycles. The highest BCUT2D eigenvalue weighted by Crippen LogP contribution is 2.38. The molecule has 1 saturated carbocycles. The zero-order valence-corrected chi connectivity index (χ0v) is 20.0. The van der Waals surface area contributed by atoms with Gasteiger partial charge in [-0.2, -0.15) is 0 Å². The number of hydrogen-bond acceptors (Lipinski definition) is 6. The Morgan fingerprint density at radius 1 is 1.18 bits per heavy atom. The van der Waals surface area contributed by atoms with E-state index in [-0.39, 0.29) is 12.5 Å². The van der Waals surface area contributed by atoms with Crippen LogP contribution in [0.2, 0.25) is 0 Å². The molecule has 5 rings (SSSR count). The number of fused-ring (bicyclic) bond motifs is 3. The van der Waals surface area contributed by atoms with Gasteiger partial charge in [-0.05, 0) is 48.9 Å². The van der Waals surface area contributed by atoms with Crippen LogP contribution in [-0.4, -0.2) is 35.1 Å². The molecule has 1 fully saturated rings. The summed E-state index contributed by atoms with van der Waals surface area (Å²) < 4.78 is 17.0. The summed E-state index contributed by atoms with van der Waals surface area (Å²) in [6.45, 7) is 7.30. The van der Waals surface area contributed by atoms with Gasteiger partial charge in [0.1, 0.15) is 18.1 Å². The second-order valence-corrected chi connectivity index (χ2v) is 9.62. The molecule has 7 nitrogen and oxygen atoms in total. The highest BCUT2D eigenvalue weighted by molar-refractivity contribution is 5.95. The van der Waals surface area contributed by atoms with Crippen molar-refractivity contribution in [3.8, 4) is 17.1 Å². The minimum atomic E-state index is -0.217. The molecular formula is C27H33N3O4. The van der Waals surface area contributed by atoms with Crippen molar-refractivity contribution in [2.24, 2.45) is 11.8 Å². The van der Waals surface area contributed by atoms with E-state index in [1.165, 1.54) is 19.3 Å². The molecular weight excluding hydrogens is 430 g/mol. The molecule has 0 bridgehead atoms. The van der Waals surface area contributed by atoms with Gasteiger partial charge in [-0.3, -0.25) is 9.69 Å². The van der Waals surface area contributed by atoms with Crippen LogP contribution in [0.1, 0.15) is 61.3 Å². The van der Waals surface area contributed by atoms with Crippen LogP contribution in [0.4, 0.5) is 0 Å². The fourth-order valence-electron chi connectivity index (χ4n) is 5.36. The molecule has 7 heteroatoms. The number of nitrogens with one attached hydrogen (secondary N) is 1. The average molecular weight is 464 g/mol. The van der Waals surface area contributed by atoms with Gasteiger partial charge in [0, 0.05) is 19.1 Å². The Kier molecular flexibility index (Phi) is 6.72. The normalized spacial score (nSPS) is 21.6. The monoisotopic (exact) mass is 463 g/mol. The van der Waals surface area contributed by atoms with Gasteiger partial charge in [0.05, 0.1) is 23.9 Å². The van der Waals surface area contributed by atoms with E-state index in [1.807, 2.05) is 36.4 Å². The predicted molar refractivity (Wildman–Crippen MR) is 128 cm³/mol. The van der Waals surface area contributed by atoms with E-state index >= 15 is 0 Å². The minimum absolute atomic E-state index is 0.217. The van der Waals surface area contributed by atoms with Crippen LogP contribution in [0.5, 0.6) is 5.75 Å². The maximum absolute atomic E-state index is 12.9. The highest BCUT2D eigenvalue weighted by Gasteiger charge is 2.32. The molecule has 3 heterocycles. The van der Waals surface area contributed by atoms with Crippen molar-refractivity contribution in [3.05, 3.63) is 59.7 Å². The molecule has 0 unspecified atom stereocenters. The van der Waals surface area contributed by atoms with E-state index in [2.05, 4.69) is 29.2 Å². The molecule has 3 atom stereocenters. The van der Waals surface area contributed by atoms with Gasteiger partial charge in [-0.15, -0.1) is 0 Å². The first kappa shape index (κ1) is 22.7. The van der Waals surface area contributed by atoms with Gasteiger partial charge in [0.2, 0.25) is 0 Å². The fraction of sp³-hybridized carbons (Fsp3) is 0.481. The largest absolute Gasteiger partial charge is 0.488 e.